The van der Waals surface area contributed by atoms with E-state index < -0.39 is 12.0 Å². The first kappa shape index (κ1) is 15.1. The van der Waals surface area contributed by atoms with Gasteiger partial charge < -0.3 is 0 Å². The van der Waals surface area contributed by atoms with Crippen LogP contribution in [0.4, 0.5) is 13.2 Å². The van der Waals surface area contributed by atoms with Crippen LogP contribution in [0.2, 0.25) is 0 Å². The zero-order valence-corrected chi connectivity index (χ0v) is 11.9. The lowest BCUT2D eigenvalue weighted by Gasteiger charge is -2.28. The Morgan fingerprint density at radius 1 is 1.30 bits per heavy atom. The van der Waals surface area contributed by atoms with Crippen LogP contribution in [0.5, 0.6) is 0 Å². The first-order valence-corrected chi connectivity index (χ1v) is 6.89. The van der Waals surface area contributed by atoms with Crippen LogP contribution < -0.4 is 0 Å². The molecule has 0 aliphatic heterocycles. The van der Waals surface area contributed by atoms with Crippen molar-refractivity contribution >= 4 is 5.78 Å². The molecule has 0 spiro atoms. The first-order valence-electron chi connectivity index (χ1n) is 6.89. The van der Waals surface area contributed by atoms with Crippen molar-refractivity contribution in [2.75, 3.05) is 0 Å². The zero-order valence-electron chi connectivity index (χ0n) is 11.9. The lowest BCUT2D eigenvalue weighted by Crippen LogP contribution is -2.24. The predicted octanol–water partition coefficient (Wildman–Crippen LogP) is 4.00. The number of hydrogen-bond acceptors (Lipinski definition) is 2. The van der Waals surface area contributed by atoms with Crippen molar-refractivity contribution in [3.63, 3.8) is 0 Å². The Morgan fingerprint density at radius 2 is 1.95 bits per heavy atom. The normalized spacial score (nSPS) is 23.9. The predicted molar refractivity (Wildman–Crippen MR) is 68.8 cm³/mol. The maximum atomic E-state index is 12.6. The van der Waals surface area contributed by atoms with E-state index in [0.717, 1.165) is 25.7 Å². The number of rotatable bonds is 2. The fraction of sp³-hybridized carbons (Fsp3) is 0.714. The average molecular weight is 288 g/mol. The summed E-state index contributed by atoms with van der Waals surface area (Å²) in [5, 5.41) is 4.20. The van der Waals surface area contributed by atoms with Gasteiger partial charge >= 0.3 is 6.18 Å². The summed E-state index contributed by atoms with van der Waals surface area (Å²) >= 11 is 0. The number of carbonyl (C=O) groups is 1. The van der Waals surface area contributed by atoms with Crippen molar-refractivity contribution in [2.24, 2.45) is 5.92 Å². The Kier molecular flexibility index (Phi) is 3.93. The maximum absolute atomic E-state index is 12.6. The summed E-state index contributed by atoms with van der Waals surface area (Å²) in [4.78, 5) is 11.5. The molecule has 20 heavy (non-hydrogen) atoms. The fourth-order valence-electron chi connectivity index (χ4n) is 3.11. The summed E-state index contributed by atoms with van der Waals surface area (Å²) in [6.07, 6.45) is -0.840. The molecule has 1 saturated carbocycles. The van der Waals surface area contributed by atoms with E-state index in [9.17, 15) is 18.0 Å². The molecule has 1 fully saturated rings. The molecule has 3 nitrogen and oxygen atoms in total. The summed E-state index contributed by atoms with van der Waals surface area (Å²) in [6.45, 7) is 5.16. The van der Waals surface area contributed by atoms with Crippen molar-refractivity contribution in [3.05, 3.63) is 17.0 Å². The Balaban J connectivity index is 2.36. The second-order valence-electron chi connectivity index (χ2n) is 5.74. The number of ketones is 1. The summed E-state index contributed by atoms with van der Waals surface area (Å²) in [5.74, 6) is -1.25. The van der Waals surface area contributed by atoms with E-state index in [2.05, 4.69) is 12.0 Å². The average Bonchev–Trinajstić information content (AvgIpc) is 2.63. The van der Waals surface area contributed by atoms with Crippen molar-refractivity contribution in [1.82, 2.24) is 9.78 Å². The summed E-state index contributed by atoms with van der Waals surface area (Å²) in [5.41, 5.74) is 0.225. The van der Waals surface area contributed by atoms with E-state index in [1.165, 1.54) is 6.92 Å². The van der Waals surface area contributed by atoms with Gasteiger partial charge in [0, 0.05) is 5.69 Å². The lowest BCUT2D eigenvalue weighted by molar-refractivity contribution is -0.0886. The van der Waals surface area contributed by atoms with E-state index in [1.54, 1.807) is 11.6 Å². The molecular formula is C14H19F3N2O. The minimum atomic E-state index is -4.84. The lowest BCUT2D eigenvalue weighted by atomic mass is 9.87. The number of carbonyl (C=O) groups excluding carboxylic acids is 1. The molecule has 2 atom stereocenters. The Labute approximate surface area is 116 Å². The van der Waals surface area contributed by atoms with Crippen LogP contribution in [0.3, 0.4) is 0 Å². The van der Waals surface area contributed by atoms with Gasteiger partial charge in [0.2, 0.25) is 0 Å². The molecule has 1 aliphatic carbocycles. The third-order valence-electron chi connectivity index (χ3n) is 4.06. The van der Waals surface area contributed by atoms with Gasteiger partial charge in [-0.15, -0.1) is 0 Å². The van der Waals surface area contributed by atoms with Gasteiger partial charge in [0.25, 0.3) is 5.78 Å². The van der Waals surface area contributed by atoms with Crippen molar-refractivity contribution in [1.29, 1.82) is 0 Å². The molecule has 2 unspecified atom stereocenters. The van der Waals surface area contributed by atoms with E-state index >= 15 is 0 Å². The summed E-state index contributed by atoms with van der Waals surface area (Å²) < 4.78 is 39.5. The van der Waals surface area contributed by atoms with Gasteiger partial charge in [-0.3, -0.25) is 9.48 Å². The topological polar surface area (TPSA) is 34.9 Å². The van der Waals surface area contributed by atoms with Crippen LogP contribution in [0.25, 0.3) is 0 Å². The van der Waals surface area contributed by atoms with Gasteiger partial charge in [-0.25, -0.2) is 0 Å². The molecule has 2 rings (SSSR count). The van der Waals surface area contributed by atoms with E-state index in [0.29, 0.717) is 11.6 Å². The number of hydrogen-bond donors (Lipinski definition) is 0. The monoisotopic (exact) mass is 288 g/mol. The van der Waals surface area contributed by atoms with Crippen molar-refractivity contribution in [2.45, 2.75) is 58.7 Å². The number of halogens is 3. The first-order chi connectivity index (χ1) is 9.21. The number of nitrogens with zero attached hydrogens (tertiary/aromatic N) is 2. The Hall–Kier alpha value is -1.33. The van der Waals surface area contributed by atoms with Gasteiger partial charge in [0.05, 0.1) is 17.3 Å². The zero-order chi connectivity index (χ0) is 15.1. The molecule has 1 aliphatic rings. The van der Waals surface area contributed by atoms with Crippen LogP contribution in [0.1, 0.15) is 60.4 Å². The van der Waals surface area contributed by atoms with Crippen LogP contribution in [0.15, 0.2) is 0 Å². The largest absolute Gasteiger partial charge is 0.455 e. The van der Waals surface area contributed by atoms with E-state index in [4.69, 9.17) is 0 Å². The SMILES string of the molecule is Cc1nn(C2CCCC(C)C2)c(C)c1C(=O)C(F)(F)F. The number of aryl methyl sites for hydroxylation is 1. The van der Waals surface area contributed by atoms with Gasteiger partial charge in [-0.1, -0.05) is 19.8 Å². The summed E-state index contributed by atoms with van der Waals surface area (Å²) in [7, 11) is 0. The van der Waals surface area contributed by atoms with Crippen LogP contribution in [-0.4, -0.2) is 21.7 Å². The Bertz CT molecular complexity index is 519. The van der Waals surface area contributed by atoms with Gasteiger partial charge in [-0.2, -0.15) is 18.3 Å². The molecule has 0 aromatic carbocycles. The highest BCUT2D eigenvalue weighted by atomic mass is 19.4. The van der Waals surface area contributed by atoms with Gasteiger partial charge in [0.15, 0.2) is 0 Å². The fourth-order valence-corrected chi connectivity index (χ4v) is 3.11. The van der Waals surface area contributed by atoms with Crippen LogP contribution >= 0.6 is 0 Å². The molecule has 0 amide bonds. The molecule has 0 N–H and O–H groups in total. The third-order valence-corrected chi connectivity index (χ3v) is 4.06. The highest BCUT2D eigenvalue weighted by molar-refractivity contribution is 6.02. The Morgan fingerprint density at radius 3 is 2.50 bits per heavy atom. The molecular weight excluding hydrogens is 269 g/mol. The van der Waals surface area contributed by atoms with E-state index in [1.807, 2.05) is 0 Å². The van der Waals surface area contributed by atoms with Crippen molar-refractivity contribution < 1.29 is 18.0 Å². The standard InChI is InChI=1S/C14H19F3N2O/c1-8-5-4-6-11(7-8)19-10(3)12(9(2)18-19)13(20)14(15,16)17/h8,11H,4-7H2,1-3H3. The minimum Gasteiger partial charge on any atom is -0.284 e. The quantitative estimate of drug-likeness (QED) is 0.771. The number of Topliss-reactive ketones (excluding diaryl/α,β-unsaturated/α-hetero) is 1. The van der Waals surface area contributed by atoms with Gasteiger partial charge in [-0.05, 0) is 32.6 Å². The summed E-state index contributed by atoms with van der Waals surface area (Å²) in [6, 6.07) is 0.104. The highest BCUT2D eigenvalue weighted by Crippen LogP contribution is 2.34. The third kappa shape index (κ3) is 2.74. The highest BCUT2D eigenvalue weighted by Gasteiger charge is 2.42. The molecule has 0 bridgehead atoms. The number of alkyl halides is 3. The molecule has 0 saturated heterocycles. The number of aromatic nitrogens is 2. The smallest absolute Gasteiger partial charge is 0.284 e. The van der Waals surface area contributed by atoms with Crippen molar-refractivity contribution in [3.8, 4) is 0 Å². The minimum absolute atomic E-state index is 0.104. The van der Waals surface area contributed by atoms with Crippen LogP contribution in [0, 0.1) is 19.8 Å². The van der Waals surface area contributed by atoms with E-state index in [-0.39, 0.29) is 17.3 Å². The molecule has 112 valence electrons. The maximum Gasteiger partial charge on any atom is 0.455 e. The molecule has 6 heteroatoms. The molecule has 1 heterocycles. The molecule has 1 aromatic heterocycles. The second-order valence-corrected chi connectivity index (χ2v) is 5.74. The molecule has 1 aromatic rings. The van der Waals surface area contributed by atoms with Crippen LogP contribution in [-0.2, 0) is 0 Å². The molecule has 0 radical (unpaired) electrons. The van der Waals surface area contributed by atoms with Gasteiger partial charge in [0.1, 0.15) is 0 Å². The second kappa shape index (κ2) is 5.22.